The van der Waals surface area contributed by atoms with Crippen LogP contribution in [0.3, 0.4) is 0 Å². The molecule has 0 bridgehead atoms. The zero-order valence-electron chi connectivity index (χ0n) is 7.28. The SMILES string of the molecule is C[C@H](NC(=O)c1cc(Cl)cs1)C(=O)O. The van der Waals surface area contributed by atoms with Crippen LogP contribution in [0.25, 0.3) is 0 Å². The third-order valence-electron chi connectivity index (χ3n) is 1.51. The summed E-state index contributed by atoms with van der Waals surface area (Å²) in [7, 11) is 0. The monoisotopic (exact) mass is 233 g/mol. The van der Waals surface area contributed by atoms with Crippen LogP contribution in [0, 0.1) is 0 Å². The maximum atomic E-state index is 11.4. The molecular formula is C8H8ClNO3S. The average Bonchev–Trinajstić information content (AvgIpc) is 2.51. The van der Waals surface area contributed by atoms with Crippen molar-refractivity contribution >= 4 is 34.8 Å². The highest BCUT2D eigenvalue weighted by atomic mass is 35.5. The molecule has 1 rings (SSSR count). The van der Waals surface area contributed by atoms with Crippen LogP contribution >= 0.6 is 22.9 Å². The molecule has 1 atom stereocenters. The Kier molecular flexibility index (Phi) is 3.49. The first kappa shape index (κ1) is 11.0. The molecule has 0 aliphatic carbocycles. The molecule has 1 aromatic heterocycles. The molecule has 0 spiro atoms. The minimum atomic E-state index is -1.07. The number of halogens is 1. The average molecular weight is 234 g/mol. The first-order chi connectivity index (χ1) is 6.50. The Bertz CT molecular complexity index is 363. The number of carboxylic acid groups (broad SMARTS) is 1. The van der Waals surface area contributed by atoms with Crippen molar-refractivity contribution in [3.8, 4) is 0 Å². The molecule has 0 saturated carbocycles. The van der Waals surface area contributed by atoms with Gasteiger partial charge >= 0.3 is 5.97 Å². The van der Waals surface area contributed by atoms with Gasteiger partial charge in [-0.1, -0.05) is 11.6 Å². The van der Waals surface area contributed by atoms with Gasteiger partial charge < -0.3 is 10.4 Å². The van der Waals surface area contributed by atoms with Crippen LogP contribution in [0.2, 0.25) is 5.02 Å². The van der Waals surface area contributed by atoms with Gasteiger partial charge in [0.25, 0.3) is 5.91 Å². The van der Waals surface area contributed by atoms with Gasteiger partial charge in [0.2, 0.25) is 0 Å². The summed E-state index contributed by atoms with van der Waals surface area (Å²) in [5, 5.41) is 13.0. The van der Waals surface area contributed by atoms with Crippen molar-refractivity contribution in [1.29, 1.82) is 0 Å². The normalized spacial score (nSPS) is 12.1. The molecule has 1 amide bonds. The van der Waals surface area contributed by atoms with Gasteiger partial charge in [-0.3, -0.25) is 9.59 Å². The smallest absolute Gasteiger partial charge is 0.325 e. The van der Waals surface area contributed by atoms with E-state index in [2.05, 4.69) is 5.32 Å². The van der Waals surface area contributed by atoms with E-state index in [1.807, 2.05) is 0 Å². The van der Waals surface area contributed by atoms with Crippen LogP contribution in [-0.4, -0.2) is 23.0 Å². The number of amides is 1. The number of carboxylic acids is 1. The zero-order chi connectivity index (χ0) is 10.7. The molecule has 0 aromatic carbocycles. The predicted molar refractivity (Wildman–Crippen MR) is 53.9 cm³/mol. The molecule has 2 N–H and O–H groups in total. The van der Waals surface area contributed by atoms with E-state index in [1.165, 1.54) is 24.3 Å². The van der Waals surface area contributed by atoms with E-state index >= 15 is 0 Å². The molecule has 1 heterocycles. The molecule has 4 nitrogen and oxygen atoms in total. The Labute approximate surface area is 89.5 Å². The van der Waals surface area contributed by atoms with Crippen LogP contribution in [-0.2, 0) is 4.79 Å². The van der Waals surface area contributed by atoms with Crippen LogP contribution in [0.5, 0.6) is 0 Å². The van der Waals surface area contributed by atoms with Crippen LogP contribution in [0.15, 0.2) is 11.4 Å². The quantitative estimate of drug-likeness (QED) is 0.834. The molecule has 0 unspecified atom stereocenters. The van der Waals surface area contributed by atoms with E-state index in [0.717, 1.165) is 0 Å². The molecular weight excluding hydrogens is 226 g/mol. The van der Waals surface area contributed by atoms with E-state index in [0.29, 0.717) is 9.90 Å². The molecule has 1 aromatic rings. The van der Waals surface area contributed by atoms with Crippen molar-refractivity contribution in [1.82, 2.24) is 5.32 Å². The Morgan fingerprint density at radius 1 is 1.64 bits per heavy atom. The van der Waals surface area contributed by atoms with Crippen molar-refractivity contribution in [3.63, 3.8) is 0 Å². The molecule has 6 heteroatoms. The highest BCUT2D eigenvalue weighted by Gasteiger charge is 2.16. The van der Waals surface area contributed by atoms with Gasteiger partial charge in [0.1, 0.15) is 6.04 Å². The van der Waals surface area contributed by atoms with E-state index in [1.54, 1.807) is 5.38 Å². The molecule has 0 aliphatic heterocycles. The van der Waals surface area contributed by atoms with Gasteiger partial charge in [0.15, 0.2) is 0 Å². The second-order valence-corrected chi connectivity index (χ2v) is 4.01. The maximum absolute atomic E-state index is 11.4. The van der Waals surface area contributed by atoms with Crippen molar-refractivity contribution in [3.05, 3.63) is 21.3 Å². The number of rotatable bonds is 3. The fraction of sp³-hybridized carbons (Fsp3) is 0.250. The van der Waals surface area contributed by atoms with E-state index in [9.17, 15) is 9.59 Å². The zero-order valence-corrected chi connectivity index (χ0v) is 8.85. The standard InChI is InChI=1S/C8H8ClNO3S/c1-4(8(12)13)10-7(11)6-2-5(9)3-14-6/h2-4H,1H3,(H,10,11)(H,12,13)/t4-/m0/s1. The fourth-order valence-electron chi connectivity index (χ4n) is 0.762. The maximum Gasteiger partial charge on any atom is 0.325 e. The lowest BCUT2D eigenvalue weighted by Crippen LogP contribution is -2.37. The minimum absolute atomic E-state index is 0.406. The number of hydrogen-bond donors (Lipinski definition) is 2. The molecule has 0 radical (unpaired) electrons. The summed E-state index contributed by atoms with van der Waals surface area (Å²) < 4.78 is 0. The predicted octanol–water partition coefficient (Wildman–Crippen LogP) is 1.60. The van der Waals surface area contributed by atoms with Gasteiger partial charge in [0.05, 0.1) is 9.90 Å². The van der Waals surface area contributed by atoms with Gasteiger partial charge in [0, 0.05) is 5.38 Å². The summed E-state index contributed by atoms with van der Waals surface area (Å²) in [6.45, 7) is 1.40. The number of hydrogen-bond acceptors (Lipinski definition) is 3. The second-order valence-electron chi connectivity index (χ2n) is 2.66. The molecule has 0 fully saturated rings. The van der Waals surface area contributed by atoms with Gasteiger partial charge in [-0.2, -0.15) is 0 Å². The first-order valence-electron chi connectivity index (χ1n) is 3.78. The van der Waals surface area contributed by atoms with Crippen LogP contribution < -0.4 is 5.32 Å². The topological polar surface area (TPSA) is 66.4 Å². The highest BCUT2D eigenvalue weighted by Crippen LogP contribution is 2.18. The minimum Gasteiger partial charge on any atom is -0.480 e. The molecule has 14 heavy (non-hydrogen) atoms. The lowest BCUT2D eigenvalue weighted by molar-refractivity contribution is -0.138. The van der Waals surface area contributed by atoms with E-state index in [4.69, 9.17) is 16.7 Å². The van der Waals surface area contributed by atoms with Gasteiger partial charge in [-0.05, 0) is 13.0 Å². The fourth-order valence-corrected chi connectivity index (χ4v) is 1.74. The van der Waals surface area contributed by atoms with Crippen molar-refractivity contribution in [2.24, 2.45) is 0 Å². The summed E-state index contributed by atoms with van der Waals surface area (Å²) in [6.07, 6.45) is 0. The lowest BCUT2D eigenvalue weighted by Gasteiger charge is -2.06. The third-order valence-corrected chi connectivity index (χ3v) is 2.79. The summed E-state index contributed by atoms with van der Waals surface area (Å²) in [4.78, 5) is 22.2. The van der Waals surface area contributed by atoms with Crippen LogP contribution in [0.1, 0.15) is 16.6 Å². The highest BCUT2D eigenvalue weighted by molar-refractivity contribution is 7.12. The molecule has 76 valence electrons. The second kappa shape index (κ2) is 4.43. The van der Waals surface area contributed by atoms with Gasteiger partial charge in [-0.15, -0.1) is 11.3 Å². The third kappa shape index (κ3) is 2.71. The number of aliphatic carboxylic acids is 1. The van der Waals surface area contributed by atoms with E-state index < -0.39 is 17.9 Å². The Hall–Kier alpha value is -1.07. The Morgan fingerprint density at radius 3 is 2.71 bits per heavy atom. The Balaban J connectivity index is 2.63. The Morgan fingerprint density at radius 2 is 2.29 bits per heavy atom. The summed E-state index contributed by atoms with van der Waals surface area (Å²) in [5.41, 5.74) is 0. The summed E-state index contributed by atoms with van der Waals surface area (Å²) in [6, 6.07) is 0.597. The van der Waals surface area contributed by atoms with Crippen molar-refractivity contribution in [2.45, 2.75) is 13.0 Å². The lowest BCUT2D eigenvalue weighted by atomic mass is 10.3. The summed E-state index contributed by atoms with van der Waals surface area (Å²) in [5.74, 6) is -1.49. The number of carbonyl (C=O) groups excluding carboxylic acids is 1. The number of nitrogens with one attached hydrogen (secondary N) is 1. The van der Waals surface area contributed by atoms with Crippen LogP contribution in [0.4, 0.5) is 0 Å². The van der Waals surface area contributed by atoms with E-state index in [-0.39, 0.29) is 0 Å². The van der Waals surface area contributed by atoms with Crippen molar-refractivity contribution < 1.29 is 14.7 Å². The van der Waals surface area contributed by atoms with Gasteiger partial charge in [-0.25, -0.2) is 0 Å². The molecule has 0 saturated heterocycles. The first-order valence-corrected chi connectivity index (χ1v) is 5.04. The molecule has 0 aliphatic rings. The number of carbonyl (C=O) groups is 2. The van der Waals surface area contributed by atoms with Crippen molar-refractivity contribution in [2.75, 3.05) is 0 Å². The summed E-state index contributed by atoms with van der Waals surface area (Å²) >= 11 is 6.79. The number of thiophene rings is 1. The largest absolute Gasteiger partial charge is 0.480 e.